The first-order valence-corrected chi connectivity index (χ1v) is 12.5. The van der Waals surface area contributed by atoms with E-state index in [2.05, 4.69) is 59.7 Å². The van der Waals surface area contributed by atoms with Gasteiger partial charge in [-0.15, -0.1) is 6.58 Å². The number of likely N-dealkylation sites (N-methyl/N-ethyl adjacent to an activating group) is 1. The van der Waals surface area contributed by atoms with Crippen molar-refractivity contribution in [2.45, 2.75) is 51.7 Å². The summed E-state index contributed by atoms with van der Waals surface area (Å²) in [5.74, 6) is 0.397. The Labute approximate surface area is 216 Å². The van der Waals surface area contributed by atoms with Crippen LogP contribution < -0.4 is 10.9 Å². The van der Waals surface area contributed by atoms with Gasteiger partial charge in [0.25, 0.3) is 5.56 Å². The Morgan fingerprint density at radius 3 is 2.73 bits per heavy atom. The van der Waals surface area contributed by atoms with Gasteiger partial charge in [-0.2, -0.15) is 4.98 Å². The predicted octanol–water partition coefficient (Wildman–Crippen LogP) is 3.55. The number of anilines is 2. The summed E-state index contributed by atoms with van der Waals surface area (Å²) in [4.78, 5) is 29.2. The highest BCUT2D eigenvalue weighted by molar-refractivity contribution is 5.77. The van der Waals surface area contributed by atoms with Crippen LogP contribution >= 0.6 is 0 Å². The number of nitrogens with zero attached hydrogens (tertiary/aromatic N) is 6. The molecule has 0 saturated heterocycles. The molecule has 1 aromatic carbocycles. The highest BCUT2D eigenvalue weighted by Crippen LogP contribution is 2.27. The summed E-state index contributed by atoms with van der Waals surface area (Å²) in [5.41, 5.74) is 5.20. The van der Waals surface area contributed by atoms with Crippen molar-refractivity contribution in [1.82, 2.24) is 29.2 Å². The number of aliphatic hydroxyl groups excluding tert-OH is 1. The number of rotatable bonds is 6. The molecular weight excluding hydrogens is 466 g/mol. The van der Waals surface area contributed by atoms with Gasteiger partial charge in [-0.05, 0) is 48.9 Å². The van der Waals surface area contributed by atoms with E-state index in [1.807, 2.05) is 29.9 Å². The summed E-state index contributed by atoms with van der Waals surface area (Å²) in [6.07, 6.45) is 5.80. The third-order valence-corrected chi connectivity index (χ3v) is 6.91. The first kappa shape index (κ1) is 24.9. The van der Waals surface area contributed by atoms with Gasteiger partial charge in [0.05, 0.1) is 18.8 Å². The summed E-state index contributed by atoms with van der Waals surface area (Å²) in [5, 5.41) is 13.5. The predicted molar refractivity (Wildman–Crippen MR) is 146 cm³/mol. The number of nitrogens with one attached hydrogen (secondary N) is 1. The van der Waals surface area contributed by atoms with E-state index in [9.17, 15) is 9.90 Å². The van der Waals surface area contributed by atoms with Crippen molar-refractivity contribution >= 4 is 22.7 Å². The van der Waals surface area contributed by atoms with Crippen LogP contribution in [0.25, 0.3) is 16.7 Å². The molecule has 9 nitrogen and oxygen atoms in total. The van der Waals surface area contributed by atoms with Crippen LogP contribution in [-0.2, 0) is 24.9 Å². The lowest BCUT2D eigenvalue weighted by atomic mass is 9.91. The summed E-state index contributed by atoms with van der Waals surface area (Å²) >= 11 is 0. The maximum absolute atomic E-state index is 13.3. The van der Waals surface area contributed by atoms with Crippen molar-refractivity contribution in [2.75, 3.05) is 19.0 Å². The molecular formula is C28H33N7O2. The molecule has 4 heterocycles. The highest BCUT2D eigenvalue weighted by atomic mass is 16.3. The fourth-order valence-electron chi connectivity index (χ4n) is 4.79. The zero-order valence-corrected chi connectivity index (χ0v) is 21.8. The van der Waals surface area contributed by atoms with Crippen molar-refractivity contribution < 1.29 is 5.11 Å². The number of benzene rings is 1. The SMILES string of the molecule is C=CCn1c(=O)c2cnc(Nc3ccc4c(c3)CC(CO)N(C)C4)nc2n1-c1ccnc(C(C)(C)C)c1. The lowest BCUT2D eigenvalue weighted by Crippen LogP contribution is -2.39. The summed E-state index contributed by atoms with van der Waals surface area (Å²) < 4.78 is 3.43. The fourth-order valence-corrected chi connectivity index (χ4v) is 4.79. The Morgan fingerprint density at radius 2 is 2.00 bits per heavy atom. The monoisotopic (exact) mass is 499 g/mol. The van der Waals surface area contributed by atoms with Crippen molar-refractivity contribution in [3.05, 3.63) is 82.6 Å². The van der Waals surface area contributed by atoms with E-state index in [1.54, 1.807) is 23.2 Å². The van der Waals surface area contributed by atoms with E-state index in [1.165, 1.54) is 11.1 Å². The molecule has 0 fully saturated rings. The average molecular weight is 500 g/mol. The van der Waals surface area contributed by atoms with Crippen LogP contribution in [0.5, 0.6) is 0 Å². The van der Waals surface area contributed by atoms with Gasteiger partial charge in [0.15, 0.2) is 5.65 Å². The Bertz CT molecular complexity index is 1530. The van der Waals surface area contributed by atoms with Crippen molar-refractivity contribution in [3.8, 4) is 5.69 Å². The van der Waals surface area contributed by atoms with Crippen molar-refractivity contribution in [1.29, 1.82) is 0 Å². The Hall–Kier alpha value is -3.82. The second-order valence-electron chi connectivity index (χ2n) is 10.6. The zero-order valence-electron chi connectivity index (χ0n) is 21.8. The van der Waals surface area contributed by atoms with Gasteiger partial charge in [-0.25, -0.2) is 14.3 Å². The minimum absolute atomic E-state index is 0.104. The molecule has 1 unspecified atom stereocenters. The average Bonchev–Trinajstić information content (AvgIpc) is 3.14. The van der Waals surface area contributed by atoms with E-state index in [0.29, 0.717) is 23.5 Å². The number of aromatic nitrogens is 5. The molecule has 2 N–H and O–H groups in total. The van der Waals surface area contributed by atoms with E-state index >= 15 is 0 Å². The van der Waals surface area contributed by atoms with Crippen LogP contribution in [0.15, 0.2) is 60.2 Å². The topological polar surface area (TPSA) is 101 Å². The Balaban J connectivity index is 1.57. The van der Waals surface area contributed by atoms with Gasteiger partial charge in [0.2, 0.25) is 5.95 Å². The van der Waals surface area contributed by atoms with E-state index in [4.69, 9.17) is 4.98 Å². The molecule has 0 bridgehead atoms. The van der Waals surface area contributed by atoms with Crippen LogP contribution in [-0.4, -0.2) is 54.0 Å². The molecule has 0 radical (unpaired) electrons. The fraction of sp³-hybridized carbons (Fsp3) is 0.357. The molecule has 0 amide bonds. The molecule has 0 aliphatic carbocycles. The second-order valence-corrected chi connectivity index (χ2v) is 10.6. The molecule has 4 aromatic rings. The molecule has 0 spiro atoms. The van der Waals surface area contributed by atoms with Crippen LogP contribution in [0.3, 0.4) is 0 Å². The number of hydrogen-bond donors (Lipinski definition) is 2. The van der Waals surface area contributed by atoms with Gasteiger partial charge in [0, 0.05) is 41.8 Å². The number of fused-ring (bicyclic) bond motifs is 2. The molecule has 1 aliphatic rings. The van der Waals surface area contributed by atoms with Gasteiger partial charge >= 0.3 is 0 Å². The molecule has 5 rings (SSSR count). The van der Waals surface area contributed by atoms with E-state index in [-0.39, 0.29) is 23.6 Å². The number of allylic oxidation sites excluding steroid dienone is 1. The quantitative estimate of drug-likeness (QED) is 0.391. The smallest absolute Gasteiger partial charge is 0.278 e. The summed E-state index contributed by atoms with van der Waals surface area (Å²) in [7, 11) is 2.03. The molecule has 192 valence electrons. The van der Waals surface area contributed by atoms with Crippen molar-refractivity contribution in [3.63, 3.8) is 0 Å². The first-order valence-electron chi connectivity index (χ1n) is 12.5. The van der Waals surface area contributed by atoms with Crippen LogP contribution in [0.2, 0.25) is 0 Å². The van der Waals surface area contributed by atoms with Crippen LogP contribution in [0.1, 0.15) is 37.6 Å². The minimum atomic E-state index is -0.177. The van der Waals surface area contributed by atoms with Crippen LogP contribution in [0.4, 0.5) is 11.6 Å². The molecule has 3 aromatic heterocycles. The van der Waals surface area contributed by atoms with E-state index in [0.717, 1.165) is 30.0 Å². The number of hydrogen-bond acceptors (Lipinski definition) is 7. The number of aliphatic hydroxyl groups is 1. The standard InChI is InChI=1S/C28H33N7O2/c1-6-11-34-26(37)23-15-30-27(31-20-8-7-18-16-33(5)22(17-36)13-19(18)12-20)32-25(23)35(34)21-9-10-29-24(14-21)28(2,3)4/h6-10,12,14-15,22,36H,1,11,13,16-17H2,2-5H3,(H,30,31,32). The third-order valence-electron chi connectivity index (χ3n) is 6.91. The number of pyridine rings is 1. The molecule has 1 atom stereocenters. The second kappa shape index (κ2) is 9.57. The molecule has 37 heavy (non-hydrogen) atoms. The maximum Gasteiger partial charge on any atom is 0.278 e. The van der Waals surface area contributed by atoms with Gasteiger partial charge in [0.1, 0.15) is 5.39 Å². The third kappa shape index (κ3) is 4.68. The van der Waals surface area contributed by atoms with Gasteiger partial charge in [-0.1, -0.05) is 32.9 Å². The lowest BCUT2D eigenvalue weighted by molar-refractivity contribution is 0.131. The molecule has 0 saturated carbocycles. The summed E-state index contributed by atoms with van der Waals surface area (Å²) in [6, 6.07) is 10.2. The maximum atomic E-state index is 13.3. The normalized spacial score (nSPS) is 16.1. The Kier molecular flexibility index (Phi) is 6.43. The van der Waals surface area contributed by atoms with Crippen LogP contribution in [0, 0.1) is 0 Å². The Morgan fingerprint density at radius 1 is 1.19 bits per heavy atom. The van der Waals surface area contributed by atoms with E-state index < -0.39 is 0 Å². The molecule has 1 aliphatic heterocycles. The zero-order chi connectivity index (χ0) is 26.3. The summed E-state index contributed by atoms with van der Waals surface area (Å²) in [6.45, 7) is 11.4. The van der Waals surface area contributed by atoms with Gasteiger partial charge in [-0.3, -0.25) is 14.7 Å². The highest BCUT2D eigenvalue weighted by Gasteiger charge is 2.23. The first-order chi connectivity index (χ1) is 17.7. The van der Waals surface area contributed by atoms with Crippen molar-refractivity contribution in [2.24, 2.45) is 0 Å². The molecule has 9 heteroatoms. The van der Waals surface area contributed by atoms with Gasteiger partial charge < -0.3 is 10.4 Å². The lowest BCUT2D eigenvalue weighted by Gasteiger charge is -2.33. The minimum Gasteiger partial charge on any atom is -0.395 e. The largest absolute Gasteiger partial charge is 0.395 e.